The molecule has 0 radical (unpaired) electrons. The molecule has 204 valence electrons. The first-order valence-electron chi connectivity index (χ1n) is 12.6. The van der Waals surface area contributed by atoms with Gasteiger partial charge in [-0.3, -0.25) is 4.79 Å². The van der Waals surface area contributed by atoms with Crippen molar-refractivity contribution >= 4 is 5.97 Å². The molecule has 0 aromatic heterocycles. The van der Waals surface area contributed by atoms with Gasteiger partial charge < -0.3 is 42.6 Å². The highest BCUT2D eigenvalue weighted by Gasteiger charge is 2.00. The average Bonchev–Trinajstić information content (AvgIpc) is 2.83. The number of hydrogen-bond acceptors (Lipinski definition) is 10. The Bertz CT molecular complexity index is 398. The van der Waals surface area contributed by atoms with Crippen LogP contribution in [0.2, 0.25) is 0 Å². The lowest BCUT2D eigenvalue weighted by molar-refractivity contribution is -0.145. The Balaban J connectivity index is 3.03. The Hall–Kier alpha value is -0.850. The van der Waals surface area contributed by atoms with Gasteiger partial charge in [-0.15, -0.1) is 0 Å². The molecule has 0 atom stereocenters. The molecule has 0 saturated carbocycles. The molecule has 0 saturated heterocycles. The van der Waals surface area contributed by atoms with Crippen molar-refractivity contribution in [3.8, 4) is 0 Å². The van der Waals surface area contributed by atoms with Crippen molar-refractivity contribution in [3.63, 3.8) is 0 Å². The summed E-state index contributed by atoms with van der Waals surface area (Å²) in [7, 11) is 0. The van der Waals surface area contributed by atoms with Gasteiger partial charge in [0.2, 0.25) is 0 Å². The van der Waals surface area contributed by atoms with Crippen LogP contribution in [-0.4, -0.2) is 118 Å². The van der Waals surface area contributed by atoms with E-state index < -0.39 is 0 Å². The lowest BCUT2D eigenvalue weighted by atomic mass is 10.3. The first kappa shape index (κ1) is 33.1. The first-order chi connectivity index (χ1) is 16.8. The molecule has 0 amide bonds. The average molecular weight is 497 g/mol. The van der Waals surface area contributed by atoms with E-state index in [0.29, 0.717) is 106 Å². The van der Waals surface area contributed by atoms with Crippen LogP contribution in [0.5, 0.6) is 0 Å². The van der Waals surface area contributed by atoms with E-state index in [1.807, 2.05) is 6.92 Å². The number of ether oxygens (including phenoxy) is 9. The van der Waals surface area contributed by atoms with Gasteiger partial charge in [-0.2, -0.15) is 0 Å². The molecule has 10 nitrogen and oxygen atoms in total. The summed E-state index contributed by atoms with van der Waals surface area (Å²) in [5, 5.41) is 0. The van der Waals surface area contributed by atoms with Crippen LogP contribution in [0.25, 0.3) is 0 Å². The third kappa shape index (κ3) is 29.2. The molecule has 10 heteroatoms. The maximum atomic E-state index is 11.1. The minimum atomic E-state index is -0.182. The predicted molar refractivity (Wildman–Crippen MR) is 127 cm³/mol. The summed E-state index contributed by atoms with van der Waals surface area (Å²) < 4.78 is 48.2. The van der Waals surface area contributed by atoms with E-state index in [-0.39, 0.29) is 12.6 Å². The third-order valence-electron chi connectivity index (χ3n) is 4.19. The van der Waals surface area contributed by atoms with Gasteiger partial charge in [0.05, 0.1) is 99.1 Å². The second-order valence-electron chi connectivity index (χ2n) is 7.22. The first-order valence-corrected chi connectivity index (χ1v) is 12.6. The fourth-order valence-electron chi connectivity index (χ4n) is 2.38. The van der Waals surface area contributed by atoms with Gasteiger partial charge in [-0.05, 0) is 12.8 Å². The maximum absolute atomic E-state index is 11.1. The summed E-state index contributed by atoms with van der Waals surface area (Å²) in [4.78, 5) is 11.1. The predicted octanol–water partition coefficient (Wildman–Crippen LogP) is 2.26. The summed E-state index contributed by atoms with van der Waals surface area (Å²) in [6.07, 6.45) is 3.48. The van der Waals surface area contributed by atoms with Crippen molar-refractivity contribution in [2.24, 2.45) is 0 Å². The van der Waals surface area contributed by atoms with Crippen LogP contribution in [0.4, 0.5) is 0 Å². The van der Waals surface area contributed by atoms with Crippen LogP contribution in [0.15, 0.2) is 0 Å². The van der Waals surface area contributed by atoms with Crippen molar-refractivity contribution in [3.05, 3.63) is 0 Å². The molecule has 0 aromatic carbocycles. The van der Waals surface area contributed by atoms with Crippen LogP contribution >= 0.6 is 0 Å². The second kappa shape index (κ2) is 30.2. The van der Waals surface area contributed by atoms with E-state index in [1.165, 1.54) is 0 Å². The number of hydrogen-bond donors (Lipinski definition) is 0. The van der Waals surface area contributed by atoms with Gasteiger partial charge in [0.25, 0.3) is 0 Å². The van der Waals surface area contributed by atoms with E-state index >= 15 is 0 Å². The zero-order valence-corrected chi connectivity index (χ0v) is 21.4. The quantitative estimate of drug-likeness (QED) is 0.113. The number of unbranched alkanes of at least 4 members (excludes halogenated alkanes) is 1. The summed E-state index contributed by atoms with van der Waals surface area (Å²) in [5.41, 5.74) is 0. The van der Waals surface area contributed by atoms with Crippen molar-refractivity contribution in [2.75, 3.05) is 112 Å². The second-order valence-corrected chi connectivity index (χ2v) is 7.22. The Morgan fingerprint density at radius 3 is 1.00 bits per heavy atom. The normalized spacial score (nSPS) is 11.2. The fraction of sp³-hybridized carbons (Fsp3) is 0.958. The lowest BCUT2D eigenvalue weighted by Crippen LogP contribution is -2.15. The molecule has 34 heavy (non-hydrogen) atoms. The molecule has 0 aliphatic carbocycles. The van der Waals surface area contributed by atoms with Crippen LogP contribution in [-0.2, 0) is 47.4 Å². The van der Waals surface area contributed by atoms with E-state index in [9.17, 15) is 4.79 Å². The van der Waals surface area contributed by atoms with Crippen molar-refractivity contribution < 1.29 is 47.4 Å². The highest BCUT2D eigenvalue weighted by Crippen LogP contribution is 1.91. The Morgan fingerprint density at radius 1 is 0.412 bits per heavy atom. The largest absolute Gasteiger partial charge is 0.463 e. The topological polar surface area (TPSA) is 100 Å². The number of carbonyl (C=O) groups is 1. The maximum Gasteiger partial charge on any atom is 0.305 e. The lowest BCUT2D eigenvalue weighted by Gasteiger charge is -2.09. The molecule has 0 heterocycles. The van der Waals surface area contributed by atoms with Crippen LogP contribution < -0.4 is 0 Å². The minimum Gasteiger partial charge on any atom is -0.463 e. The van der Waals surface area contributed by atoms with Crippen LogP contribution in [0.3, 0.4) is 0 Å². The van der Waals surface area contributed by atoms with Gasteiger partial charge in [-0.1, -0.05) is 20.3 Å². The Kier molecular flexibility index (Phi) is 29.4. The summed E-state index contributed by atoms with van der Waals surface area (Å²) in [6, 6.07) is 0. The number of esters is 1. The van der Waals surface area contributed by atoms with Crippen molar-refractivity contribution in [2.45, 2.75) is 39.5 Å². The van der Waals surface area contributed by atoms with Crippen molar-refractivity contribution in [1.29, 1.82) is 0 Å². The number of carbonyl (C=O) groups excluding carboxylic acids is 1. The molecule has 0 unspecified atom stereocenters. The third-order valence-corrected chi connectivity index (χ3v) is 4.19. The summed E-state index contributed by atoms with van der Waals surface area (Å²) >= 11 is 0. The van der Waals surface area contributed by atoms with Gasteiger partial charge in [-0.25, -0.2) is 0 Å². The van der Waals surface area contributed by atoms with E-state index in [1.54, 1.807) is 0 Å². The van der Waals surface area contributed by atoms with E-state index in [4.69, 9.17) is 42.6 Å². The highest BCUT2D eigenvalue weighted by atomic mass is 16.6. The molecular weight excluding hydrogens is 448 g/mol. The zero-order chi connectivity index (χ0) is 24.8. The molecule has 0 N–H and O–H groups in total. The monoisotopic (exact) mass is 496 g/mol. The molecule has 0 aliphatic rings. The molecule has 0 spiro atoms. The van der Waals surface area contributed by atoms with Crippen LogP contribution in [0, 0.1) is 0 Å². The van der Waals surface area contributed by atoms with Gasteiger partial charge in [0.15, 0.2) is 0 Å². The molecule has 0 aliphatic heterocycles. The Labute approximate surface area is 205 Å². The minimum absolute atomic E-state index is 0.182. The van der Waals surface area contributed by atoms with Crippen molar-refractivity contribution in [1.82, 2.24) is 0 Å². The summed E-state index contributed by atoms with van der Waals surface area (Å²) in [6.45, 7) is 13.0. The standard InChI is InChI=1S/C24H48O10/c1-3-5-7-26-8-9-27-10-11-28-12-13-29-14-15-30-16-17-31-18-19-32-20-21-33-22-23-34-24(25)6-4-2/h3-23H2,1-2H3. The number of rotatable bonds is 29. The molecule has 0 fully saturated rings. The van der Waals surface area contributed by atoms with Gasteiger partial charge >= 0.3 is 5.97 Å². The molecule has 0 aromatic rings. The zero-order valence-electron chi connectivity index (χ0n) is 21.4. The fourth-order valence-corrected chi connectivity index (χ4v) is 2.38. The van der Waals surface area contributed by atoms with Gasteiger partial charge in [0, 0.05) is 13.0 Å². The molecule has 0 bridgehead atoms. The molecular formula is C24H48O10. The highest BCUT2D eigenvalue weighted by molar-refractivity contribution is 5.69. The summed E-state index contributed by atoms with van der Waals surface area (Å²) in [5.74, 6) is -0.182. The van der Waals surface area contributed by atoms with E-state index in [0.717, 1.165) is 25.9 Å². The van der Waals surface area contributed by atoms with Gasteiger partial charge in [0.1, 0.15) is 6.61 Å². The molecule has 0 rings (SSSR count). The SMILES string of the molecule is CCCCOCCOCCOCCOCCOCCOCCOCCOCCOC(=O)CCC. The smallest absolute Gasteiger partial charge is 0.305 e. The Morgan fingerprint density at radius 2 is 0.706 bits per heavy atom. The van der Waals surface area contributed by atoms with Crippen LogP contribution in [0.1, 0.15) is 39.5 Å². The van der Waals surface area contributed by atoms with E-state index in [2.05, 4.69) is 6.92 Å².